The number of hydrogen-bond acceptors (Lipinski definition) is 8. The van der Waals surface area contributed by atoms with Crippen LogP contribution in [0.25, 0.3) is 0 Å². The minimum atomic E-state index is -0.706. The first kappa shape index (κ1) is 27.2. The van der Waals surface area contributed by atoms with Gasteiger partial charge < -0.3 is 19.3 Å². The first-order chi connectivity index (χ1) is 17.2. The topological polar surface area (TPSA) is 134 Å². The smallest absolute Gasteiger partial charge is 0.327 e. The van der Waals surface area contributed by atoms with Gasteiger partial charge in [0.05, 0.1) is 0 Å². The molecule has 0 radical (unpaired) electrons. The van der Waals surface area contributed by atoms with Gasteiger partial charge >= 0.3 is 24.0 Å². The molecule has 0 aliphatic carbocycles. The summed E-state index contributed by atoms with van der Waals surface area (Å²) in [7, 11) is 3.09. The van der Waals surface area contributed by atoms with Gasteiger partial charge in [0.15, 0.2) is 0 Å². The Morgan fingerprint density at radius 1 is 0.639 bits per heavy atom. The Hall–Kier alpha value is -3.44. The van der Waals surface area contributed by atoms with E-state index in [1.165, 1.54) is 31.8 Å². The molecule has 0 aromatic carbocycles. The average molecular weight is 507 g/mol. The molecule has 4 bridgehead atoms. The zero-order valence-corrected chi connectivity index (χ0v) is 20.8. The molecule has 0 N–H and O–H groups in total. The Morgan fingerprint density at radius 3 is 1.42 bits per heavy atom. The number of likely N-dealkylation sites (N-methyl/N-ethyl adjacent to an activating group) is 2. The van der Waals surface area contributed by atoms with Gasteiger partial charge in [-0.3, -0.25) is 29.0 Å². The zero-order chi connectivity index (χ0) is 26.2. The number of fused-ring (bicyclic) bond motifs is 4. The normalized spacial score (nSPS) is 27.2. The average Bonchev–Trinajstić information content (AvgIpc) is 3.17. The van der Waals surface area contributed by atoms with Crippen LogP contribution < -0.4 is 0 Å². The molecule has 36 heavy (non-hydrogen) atoms. The molecular formula is C24H34N4O8. The molecule has 3 aliphatic rings. The Morgan fingerprint density at radius 2 is 1.03 bits per heavy atom. The predicted octanol–water partition coefficient (Wildman–Crippen LogP) is 1.29. The lowest BCUT2D eigenvalue weighted by Crippen LogP contribution is -2.33. The molecule has 0 unspecified atom stereocenters. The van der Waals surface area contributed by atoms with Gasteiger partial charge in [-0.2, -0.15) is 0 Å². The Labute approximate surface area is 210 Å². The molecule has 2 atom stereocenters. The number of carbonyl (C=O) groups excluding carboxylic acids is 6. The molecule has 0 spiro atoms. The van der Waals surface area contributed by atoms with Gasteiger partial charge in [-0.15, -0.1) is 0 Å². The number of nitrogens with zero attached hydrogens (tertiary/aromatic N) is 4. The molecule has 0 aromatic heterocycles. The monoisotopic (exact) mass is 506 g/mol. The number of ether oxygens (including phenoxy) is 2. The summed E-state index contributed by atoms with van der Waals surface area (Å²) in [6, 6.07) is -2.18. The maximum atomic E-state index is 12.7. The van der Waals surface area contributed by atoms with E-state index in [0.717, 1.165) is 0 Å². The SMILES string of the molecule is CN1C(=O)N2CCCCCCN3C(=O)[C@H](CCC(=O)OC/C=C/COC(=O)CC[C@@H]1C2=O)N(C)C3=O. The standard InChI is InChI=1S/C24H34N4O8/c1-25-17-9-11-19(29)35-15-7-8-16-36-20(30)12-10-18-22(32)28(24(34)26(18)2)14-6-4-3-5-13-27(21(17)31)23(25)33/h7-8,17-18H,3-6,9-16H2,1-2H3/b8-7+/t17-,18+. The third-order valence-corrected chi connectivity index (χ3v) is 6.71. The second-order valence-electron chi connectivity index (χ2n) is 9.13. The highest BCUT2D eigenvalue weighted by molar-refractivity contribution is 6.04. The Bertz CT molecular complexity index is 848. The van der Waals surface area contributed by atoms with E-state index in [2.05, 4.69) is 0 Å². The van der Waals surface area contributed by atoms with Gasteiger partial charge in [-0.05, 0) is 37.8 Å². The summed E-state index contributed by atoms with van der Waals surface area (Å²) in [6.07, 6.45) is 6.02. The van der Waals surface area contributed by atoms with E-state index < -0.39 is 24.0 Å². The van der Waals surface area contributed by atoms with Gasteiger partial charge in [0.25, 0.3) is 11.8 Å². The van der Waals surface area contributed by atoms with Crippen molar-refractivity contribution in [2.24, 2.45) is 0 Å². The summed E-state index contributed by atoms with van der Waals surface area (Å²) in [5.41, 5.74) is 0. The van der Waals surface area contributed by atoms with Crippen LogP contribution in [0.2, 0.25) is 0 Å². The zero-order valence-electron chi connectivity index (χ0n) is 20.8. The molecule has 12 nitrogen and oxygen atoms in total. The third kappa shape index (κ3) is 6.41. The van der Waals surface area contributed by atoms with Crippen LogP contribution in [-0.4, -0.2) is 108 Å². The van der Waals surface area contributed by atoms with E-state index in [1.54, 1.807) is 14.1 Å². The summed E-state index contributed by atoms with van der Waals surface area (Å²) in [5, 5.41) is 0. The number of rotatable bonds is 0. The van der Waals surface area contributed by atoms with E-state index in [4.69, 9.17) is 9.47 Å². The highest BCUT2D eigenvalue weighted by Gasteiger charge is 2.43. The maximum absolute atomic E-state index is 12.7. The summed E-state index contributed by atoms with van der Waals surface area (Å²) in [6.45, 7) is 0.511. The molecule has 12 heteroatoms. The third-order valence-electron chi connectivity index (χ3n) is 6.71. The number of esters is 2. The number of urea groups is 2. The second kappa shape index (κ2) is 12.5. The lowest BCUT2D eigenvalue weighted by atomic mass is 10.1. The highest BCUT2D eigenvalue weighted by Crippen LogP contribution is 2.22. The van der Waals surface area contributed by atoms with Crippen LogP contribution in [-0.2, 0) is 28.7 Å². The van der Waals surface area contributed by atoms with Crippen molar-refractivity contribution in [3.63, 3.8) is 0 Å². The molecule has 6 amide bonds. The molecule has 0 saturated carbocycles. The summed E-state index contributed by atoms with van der Waals surface area (Å²) < 4.78 is 10.2. The van der Waals surface area contributed by atoms with Crippen molar-refractivity contribution < 1.29 is 38.2 Å². The van der Waals surface area contributed by atoms with E-state index in [9.17, 15) is 28.8 Å². The number of imide groups is 2. The fraction of sp³-hybridized carbons (Fsp3) is 0.667. The summed E-state index contributed by atoms with van der Waals surface area (Å²) in [4.78, 5) is 79.7. The van der Waals surface area contributed by atoms with Crippen LogP contribution in [0.15, 0.2) is 12.2 Å². The van der Waals surface area contributed by atoms with E-state index >= 15 is 0 Å². The molecule has 0 aromatic rings. The van der Waals surface area contributed by atoms with Crippen molar-refractivity contribution in [2.75, 3.05) is 40.4 Å². The quantitative estimate of drug-likeness (QED) is 0.273. The van der Waals surface area contributed by atoms with Crippen molar-refractivity contribution in [2.45, 2.75) is 63.5 Å². The first-order valence-corrected chi connectivity index (χ1v) is 12.3. The molecule has 2 fully saturated rings. The van der Waals surface area contributed by atoms with Crippen LogP contribution in [0.3, 0.4) is 0 Å². The van der Waals surface area contributed by atoms with Crippen LogP contribution in [0.5, 0.6) is 0 Å². The van der Waals surface area contributed by atoms with E-state index in [-0.39, 0.29) is 75.9 Å². The fourth-order valence-electron chi connectivity index (χ4n) is 4.54. The van der Waals surface area contributed by atoms with Crippen molar-refractivity contribution in [3.8, 4) is 0 Å². The Balaban J connectivity index is 1.61. The highest BCUT2D eigenvalue weighted by atomic mass is 16.5. The van der Waals surface area contributed by atoms with Crippen LogP contribution in [0.1, 0.15) is 51.4 Å². The van der Waals surface area contributed by atoms with Gasteiger partial charge in [-0.1, -0.05) is 12.8 Å². The summed E-state index contributed by atoms with van der Waals surface area (Å²) in [5.74, 6) is -1.64. The lowest BCUT2D eigenvalue weighted by molar-refractivity contribution is -0.144. The lowest BCUT2D eigenvalue weighted by Gasteiger charge is -2.15. The Kier molecular flexibility index (Phi) is 9.43. The molecule has 198 valence electrons. The number of cyclic esters (lactones) is 2. The molecule has 3 rings (SSSR count). The predicted molar refractivity (Wildman–Crippen MR) is 125 cm³/mol. The number of hydrogen-bond donors (Lipinski definition) is 0. The van der Waals surface area contributed by atoms with Gasteiger partial charge in [-0.25, -0.2) is 9.59 Å². The van der Waals surface area contributed by atoms with E-state index in [1.807, 2.05) is 0 Å². The fourth-order valence-corrected chi connectivity index (χ4v) is 4.54. The van der Waals surface area contributed by atoms with Crippen LogP contribution in [0, 0.1) is 0 Å². The second-order valence-corrected chi connectivity index (χ2v) is 9.13. The largest absolute Gasteiger partial charge is 0.461 e. The van der Waals surface area contributed by atoms with Gasteiger partial charge in [0.2, 0.25) is 0 Å². The van der Waals surface area contributed by atoms with Gasteiger partial charge in [0, 0.05) is 40.0 Å². The van der Waals surface area contributed by atoms with Crippen molar-refractivity contribution in [3.05, 3.63) is 12.2 Å². The molecule has 2 saturated heterocycles. The van der Waals surface area contributed by atoms with Crippen molar-refractivity contribution in [1.29, 1.82) is 0 Å². The number of amides is 6. The minimum absolute atomic E-state index is 0.00571. The first-order valence-electron chi connectivity index (χ1n) is 12.3. The van der Waals surface area contributed by atoms with E-state index in [0.29, 0.717) is 25.7 Å². The molecule has 3 heterocycles. The van der Waals surface area contributed by atoms with Crippen molar-refractivity contribution in [1.82, 2.24) is 19.6 Å². The summed E-state index contributed by atoms with van der Waals surface area (Å²) >= 11 is 0. The maximum Gasteiger partial charge on any atom is 0.327 e. The molecule has 3 aliphatic heterocycles. The van der Waals surface area contributed by atoms with Gasteiger partial charge in [0.1, 0.15) is 25.3 Å². The van der Waals surface area contributed by atoms with Crippen LogP contribution >= 0.6 is 0 Å². The molecular weight excluding hydrogens is 472 g/mol. The number of carbonyl (C=O) groups is 6. The minimum Gasteiger partial charge on any atom is -0.461 e. The van der Waals surface area contributed by atoms with Crippen LogP contribution in [0.4, 0.5) is 9.59 Å². The van der Waals surface area contributed by atoms with Crippen molar-refractivity contribution >= 4 is 35.8 Å².